The molecule has 2 aliphatic rings. The molecule has 0 amide bonds. The predicted octanol–water partition coefficient (Wildman–Crippen LogP) is 4.74. The van der Waals surface area contributed by atoms with Crippen LogP contribution in [0.3, 0.4) is 0 Å². The van der Waals surface area contributed by atoms with Gasteiger partial charge in [0, 0.05) is 5.92 Å². The molecule has 2 fully saturated rings. The number of ketones is 1. The maximum absolute atomic E-state index is 10.8. The van der Waals surface area contributed by atoms with E-state index in [-0.39, 0.29) is 13.5 Å². The zero-order chi connectivity index (χ0) is 13.4. The molecule has 0 spiro atoms. The summed E-state index contributed by atoms with van der Waals surface area (Å²) in [5.41, 5.74) is 0. The van der Waals surface area contributed by atoms with E-state index in [2.05, 4.69) is 0 Å². The van der Waals surface area contributed by atoms with Gasteiger partial charge in [0.2, 0.25) is 0 Å². The molecule has 114 valence electrons. The van der Waals surface area contributed by atoms with Crippen molar-refractivity contribution in [2.75, 3.05) is 0 Å². The number of aliphatic hydroxyl groups excluding tert-OH is 1. The van der Waals surface area contributed by atoms with Crippen molar-refractivity contribution in [3.05, 3.63) is 0 Å². The van der Waals surface area contributed by atoms with Crippen LogP contribution in [0.25, 0.3) is 0 Å². The van der Waals surface area contributed by atoms with Crippen LogP contribution in [0.15, 0.2) is 0 Å². The normalized spacial score (nSPS) is 22.7. The summed E-state index contributed by atoms with van der Waals surface area (Å²) in [5.74, 6) is 1.42. The maximum Gasteiger partial charge on any atom is 0.132 e. The third kappa shape index (κ3) is 7.71. The van der Waals surface area contributed by atoms with E-state index in [9.17, 15) is 9.90 Å². The molecule has 2 aliphatic carbocycles. The highest BCUT2D eigenvalue weighted by molar-refractivity contribution is 5.78. The highest BCUT2D eigenvalue weighted by atomic mass is 16.3. The van der Waals surface area contributed by atoms with E-state index in [4.69, 9.17) is 0 Å². The number of hydrogen-bond donors (Lipinski definition) is 1. The van der Waals surface area contributed by atoms with E-state index in [1.807, 2.05) is 6.92 Å². The van der Waals surface area contributed by atoms with E-state index >= 15 is 0 Å². The Bertz CT molecular complexity index is 223. The molecule has 0 aromatic carbocycles. The van der Waals surface area contributed by atoms with Gasteiger partial charge in [0.05, 0.1) is 6.10 Å². The fourth-order valence-electron chi connectivity index (χ4n) is 3.13. The van der Waals surface area contributed by atoms with Crippen LogP contribution in [0.2, 0.25) is 0 Å². The summed E-state index contributed by atoms with van der Waals surface area (Å²) < 4.78 is 0. The summed E-state index contributed by atoms with van der Waals surface area (Å²) in [7, 11) is 0. The molecule has 19 heavy (non-hydrogen) atoms. The van der Waals surface area contributed by atoms with Crippen LogP contribution in [-0.2, 0) is 4.79 Å². The molecule has 1 N–H and O–H groups in total. The topological polar surface area (TPSA) is 37.3 Å². The van der Waals surface area contributed by atoms with Gasteiger partial charge in [-0.1, -0.05) is 46.0 Å². The molecule has 0 saturated heterocycles. The van der Waals surface area contributed by atoms with Gasteiger partial charge >= 0.3 is 0 Å². The molecule has 0 aliphatic heterocycles. The highest BCUT2D eigenvalue weighted by Crippen LogP contribution is 2.26. The van der Waals surface area contributed by atoms with Crippen molar-refractivity contribution in [3.8, 4) is 0 Å². The Morgan fingerprint density at radius 2 is 1.37 bits per heavy atom. The van der Waals surface area contributed by atoms with Crippen molar-refractivity contribution in [1.82, 2.24) is 0 Å². The van der Waals surface area contributed by atoms with Crippen LogP contribution >= 0.6 is 0 Å². The lowest BCUT2D eigenvalue weighted by molar-refractivity contribution is -0.121. The van der Waals surface area contributed by atoms with Gasteiger partial charge in [-0.25, -0.2) is 0 Å². The van der Waals surface area contributed by atoms with Gasteiger partial charge in [-0.2, -0.15) is 0 Å². The van der Waals surface area contributed by atoms with Crippen LogP contribution in [-0.4, -0.2) is 17.0 Å². The lowest BCUT2D eigenvalue weighted by atomic mass is 9.86. The number of carbonyl (C=O) groups is 1. The summed E-state index contributed by atoms with van der Waals surface area (Å²) in [6, 6.07) is 0. The Morgan fingerprint density at radius 1 is 0.947 bits per heavy atom. The molecule has 1 unspecified atom stereocenters. The zero-order valence-electron chi connectivity index (χ0n) is 12.2. The second kappa shape index (κ2) is 10.4. The molecule has 1 atom stereocenters. The quantitative estimate of drug-likeness (QED) is 0.787. The van der Waals surface area contributed by atoms with Crippen LogP contribution in [0.5, 0.6) is 0 Å². The minimum absolute atomic E-state index is 0. The molecule has 2 nitrogen and oxygen atoms in total. The van der Waals surface area contributed by atoms with Crippen molar-refractivity contribution in [3.63, 3.8) is 0 Å². The van der Waals surface area contributed by atoms with Crippen LogP contribution in [0.1, 0.15) is 85.5 Å². The maximum atomic E-state index is 10.8. The first-order chi connectivity index (χ1) is 8.61. The minimum atomic E-state index is -0.0645. The van der Waals surface area contributed by atoms with Crippen molar-refractivity contribution >= 4 is 5.78 Å². The molecular formula is C17H34O2. The lowest BCUT2D eigenvalue weighted by Crippen LogP contribution is -2.19. The molecule has 0 radical (unpaired) electrons. The van der Waals surface area contributed by atoms with Crippen LogP contribution in [0, 0.1) is 11.8 Å². The highest BCUT2D eigenvalue weighted by Gasteiger charge is 2.17. The minimum Gasteiger partial charge on any atom is -0.393 e. The molecule has 2 rings (SSSR count). The summed E-state index contributed by atoms with van der Waals surface area (Å²) in [4.78, 5) is 10.8. The fourth-order valence-corrected chi connectivity index (χ4v) is 3.13. The van der Waals surface area contributed by atoms with Gasteiger partial charge in [-0.15, -0.1) is 0 Å². The van der Waals surface area contributed by atoms with E-state index in [1.54, 1.807) is 6.92 Å². The summed E-state index contributed by atoms with van der Waals surface area (Å²) in [6.07, 6.45) is 12.6. The average molecular weight is 270 g/mol. The first-order valence-corrected chi connectivity index (χ1v) is 7.79. The Hall–Kier alpha value is -0.370. The molecule has 2 saturated carbocycles. The lowest BCUT2D eigenvalue weighted by Gasteiger charge is -2.23. The van der Waals surface area contributed by atoms with Crippen molar-refractivity contribution < 1.29 is 9.90 Å². The molecule has 2 heteroatoms. The summed E-state index contributed by atoms with van der Waals surface area (Å²) in [6.45, 7) is 3.63. The van der Waals surface area contributed by atoms with Crippen molar-refractivity contribution in [2.24, 2.45) is 11.8 Å². The van der Waals surface area contributed by atoms with Crippen LogP contribution < -0.4 is 0 Å². The fraction of sp³-hybridized carbons (Fsp3) is 0.941. The third-order valence-electron chi connectivity index (χ3n) is 4.51. The van der Waals surface area contributed by atoms with Gasteiger partial charge in [0.15, 0.2) is 0 Å². The summed E-state index contributed by atoms with van der Waals surface area (Å²) in [5, 5.41) is 9.18. The number of rotatable bonds is 2. The predicted molar refractivity (Wildman–Crippen MR) is 82.2 cm³/mol. The Morgan fingerprint density at radius 3 is 1.63 bits per heavy atom. The number of carbonyl (C=O) groups excluding carboxylic acids is 1. The van der Waals surface area contributed by atoms with Crippen molar-refractivity contribution in [2.45, 2.75) is 91.6 Å². The molecular weight excluding hydrogens is 236 g/mol. The molecule has 0 aromatic heterocycles. The SMILES string of the molecule is C.CC(=O)C1CCCCC1.CC(O)C1CCCCC1. The Balaban J connectivity index is 0.000000324. The second-order valence-electron chi connectivity index (χ2n) is 6.08. The summed E-state index contributed by atoms with van der Waals surface area (Å²) >= 11 is 0. The van der Waals surface area contributed by atoms with E-state index in [0.717, 1.165) is 12.8 Å². The molecule has 0 heterocycles. The Kier molecular flexibility index (Phi) is 10.2. The first-order valence-electron chi connectivity index (χ1n) is 7.79. The largest absolute Gasteiger partial charge is 0.393 e. The Labute approximate surface area is 120 Å². The smallest absolute Gasteiger partial charge is 0.132 e. The van der Waals surface area contributed by atoms with Gasteiger partial charge in [0.25, 0.3) is 0 Å². The third-order valence-corrected chi connectivity index (χ3v) is 4.51. The molecule has 0 aromatic rings. The van der Waals surface area contributed by atoms with E-state index in [0.29, 0.717) is 17.6 Å². The van der Waals surface area contributed by atoms with Gasteiger partial charge in [0.1, 0.15) is 5.78 Å². The second-order valence-corrected chi connectivity index (χ2v) is 6.08. The average Bonchev–Trinajstić information content (AvgIpc) is 2.41. The van der Waals surface area contributed by atoms with Crippen molar-refractivity contribution in [1.29, 1.82) is 0 Å². The monoisotopic (exact) mass is 270 g/mol. The first kappa shape index (κ1) is 18.6. The van der Waals surface area contributed by atoms with Gasteiger partial charge in [-0.05, 0) is 45.4 Å². The number of hydrogen-bond acceptors (Lipinski definition) is 2. The standard InChI is InChI=1S/C8H16O.C8H14O.CH4/c2*1-7(9)8-5-3-2-4-6-8;/h7-9H,2-6H2,1H3;8H,2-6H2,1H3;1H4. The van der Waals surface area contributed by atoms with Gasteiger partial charge in [-0.3, -0.25) is 4.79 Å². The van der Waals surface area contributed by atoms with E-state index in [1.165, 1.54) is 51.4 Å². The number of Topliss-reactive ketones (excluding diaryl/α,β-unsaturated/α-hetero) is 1. The van der Waals surface area contributed by atoms with Crippen LogP contribution in [0.4, 0.5) is 0 Å². The van der Waals surface area contributed by atoms with E-state index < -0.39 is 0 Å². The molecule has 0 bridgehead atoms. The number of aliphatic hydroxyl groups is 1. The van der Waals surface area contributed by atoms with Gasteiger partial charge < -0.3 is 5.11 Å². The zero-order valence-corrected chi connectivity index (χ0v) is 12.2.